The lowest BCUT2D eigenvalue weighted by molar-refractivity contribution is -0.870. The Morgan fingerprint density at radius 2 is 0.744 bits per heavy atom. The first-order valence-corrected chi connectivity index (χ1v) is 37.3. The van der Waals surface area contributed by atoms with Gasteiger partial charge < -0.3 is 19.4 Å². The van der Waals surface area contributed by atoms with Crippen molar-refractivity contribution in [1.82, 2.24) is 5.32 Å². The third-order valence-electron chi connectivity index (χ3n) is 16.3. The van der Waals surface area contributed by atoms with Crippen LogP contribution in [-0.2, 0) is 27.9 Å². The molecule has 0 fully saturated rings. The van der Waals surface area contributed by atoms with Gasteiger partial charge in [-0.25, -0.2) is 4.57 Å². The third-order valence-corrected chi connectivity index (χ3v) is 17.3. The molecule has 3 unspecified atom stereocenters. The number of carbonyl (C=O) groups excluding carboxylic acids is 2. The fraction of sp³-hybridized carbons (Fsp3) is 0.889. The lowest BCUT2D eigenvalue weighted by Crippen LogP contribution is -2.47. The first kappa shape index (κ1) is 80.2. The number of amides is 1. The van der Waals surface area contributed by atoms with E-state index in [4.69, 9.17) is 13.8 Å². The van der Waals surface area contributed by atoms with Crippen LogP contribution in [0.15, 0.2) is 36.5 Å². The molecular weight excluding hydrogens is 1040 g/mol. The maximum Gasteiger partial charge on any atom is 0.472 e. The number of hydrogen-bond acceptors (Lipinski definition) is 6. The Bertz CT molecular complexity index is 1500. The van der Waals surface area contributed by atoms with E-state index in [2.05, 4.69) is 50.4 Å². The predicted octanol–water partition coefficient (Wildman–Crippen LogP) is 22.6. The molecule has 3 atom stereocenters. The van der Waals surface area contributed by atoms with Crippen molar-refractivity contribution in [2.45, 2.75) is 373 Å². The minimum absolute atomic E-state index is 0.0410. The summed E-state index contributed by atoms with van der Waals surface area (Å²) in [6, 6.07) is -0.850. The first-order valence-electron chi connectivity index (χ1n) is 35.8. The lowest BCUT2D eigenvalue weighted by Gasteiger charge is -2.27. The number of likely N-dealkylation sites (N-methyl/N-ethyl adjacent to an activating group) is 1. The van der Waals surface area contributed by atoms with Crippen molar-refractivity contribution >= 4 is 19.7 Å². The van der Waals surface area contributed by atoms with Gasteiger partial charge in [-0.2, -0.15) is 0 Å². The molecule has 1 amide bonds. The SMILES string of the molecule is CCCCC/C=C\C/C=C\CCCCCCCCCC(=O)NC(COP(=O)(O)OCC[N+](C)(C)C)C(/C=C\CCCCCCCCCCCC)OC(=O)CCCCCCCCCCCCCCCCCCCCCCCCCCCCC. The molecule has 10 heteroatoms. The maximum atomic E-state index is 13.6. The van der Waals surface area contributed by atoms with Gasteiger partial charge in [0, 0.05) is 12.8 Å². The third kappa shape index (κ3) is 62.8. The summed E-state index contributed by atoms with van der Waals surface area (Å²) in [5.74, 6) is -0.496. The Hall–Kier alpha value is -1.77. The number of allylic oxidation sites excluding steroid dienone is 5. The highest BCUT2D eigenvalue weighted by atomic mass is 31.2. The van der Waals surface area contributed by atoms with Gasteiger partial charge in [0.05, 0.1) is 33.8 Å². The molecule has 82 heavy (non-hydrogen) atoms. The van der Waals surface area contributed by atoms with Crippen molar-refractivity contribution in [3.8, 4) is 0 Å². The number of unbranched alkanes of at least 4 members (excludes halogenated alkanes) is 46. The van der Waals surface area contributed by atoms with Crippen LogP contribution in [0.4, 0.5) is 0 Å². The first-order chi connectivity index (χ1) is 39.9. The molecule has 0 aliphatic heterocycles. The number of ether oxygens (including phenoxy) is 1. The van der Waals surface area contributed by atoms with Crippen LogP contribution in [0.2, 0.25) is 0 Å². The van der Waals surface area contributed by atoms with Gasteiger partial charge in [-0.3, -0.25) is 18.6 Å². The van der Waals surface area contributed by atoms with Crippen LogP contribution in [0.25, 0.3) is 0 Å². The molecule has 0 aliphatic carbocycles. The highest BCUT2D eigenvalue weighted by molar-refractivity contribution is 7.47. The van der Waals surface area contributed by atoms with Crippen LogP contribution in [0, 0.1) is 0 Å². The van der Waals surface area contributed by atoms with E-state index < -0.39 is 20.0 Å². The predicted molar refractivity (Wildman–Crippen MR) is 356 cm³/mol. The average Bonchev–Trinajstić information content (AvgIpc) is 3.44. The summed E-state index contributed by atoms with van der Waals surface area (Å²) in [5, 5.41) is 3.07. The number of carbonyl (C=O) groups is 2. The molecule has 0 aromatic carbocycles. The van der Waals surface area contributed by atoms with Gasteiger partial charge in [-0.15, -0.1) is 0 Å². The maximum absolute atomic E-state index is 13.6. The highest BCUT2D eigenvalue weighted by Gasteiger charge is 2.30. The van der Waals surface area contributed by atoms with E-state index >= 15 is 0 Å². The number of nitrogens with one attached hydrogen (secondary N) is 1. The van der Waals surface area contributed by atoms with E-state index in [-0.39, 0.29) is 25.1 Å². The number of hydrogen-bond donors (Lipinski definition) is 2. The zero-order chi connectivity index (χ0) is 60.0. The molecule has 0 rings (SSSR count). The summed E-state index contributed by atoms with van der Waals surface area (Å²) in [4.78, 5) is 37.9. The molecule has 0 radical (unpaired) electrons. The van der Waals surface area contributed by atoms with Gasteiger partial charge in [0.25, 0.3) is 0 Å². The molecule has 0 aliphatic rings. The van der Waals surface area contributed by atoms with Crippen LogP contribution >= 0.6 is 7.82 Å². The summed E-state index contributed by atoms with van der Waals surface area (Å²) < 4.78 is 30.8. The van der Waals surface area contributed by atoms with Crippen LogP contribution in [0.1, 0.15) is 361 Å². The van der Waals surface area contributed by atoms with Gasteiger partial charge in [0.1, 0.15) is 19.3 Å². The molecule has 0 bridgehead atoms. The minimum atomic E-state index is -4.45. The van der Waals surface area contributed by atoms with Crippen molar-refractivity contribution < 1.29 is 37.3 Å². The Labute approximate surface area is 510 Å². The molecule has 0 saturated heterocycles. The summed E-state index contributed by atoms with van der Waals surface area (Å²) in [6.45, 7) is 7.04. The Balaban J connectivity index is 4.97. The van der Waals surface area contributed by atoms with Crippen molar-refractivity contribution in [1.29, 1.82) is 0 Å². The van der Waals surface area contributed by atoms with Crippen LogP contribution < -0.4 is 5.32 Å². The summed E-state index contributed by atoms with van der Waals surface area (Å²) in [6.07, 6.45) is 77.4. The van der Waals surface area contributed by atoms with Crippen LogP contribution in [0.5, 0.6) is 0 Å². The molecule has 484 valence electrons. The number of phosphoric ester groups is 1. The van der Waals surface area contributed by atoms with E-state index in [1.54, 1.807) is 0 Å². The standard InChI is InChI=1S/C72H139N2O7P/c1-7-10-13-16-19-22-25-28-30-32-33-34-35-36-37-38-39-40-41-43-45-47-50-53-56-59-62-65-72(76)81-70(63-60-57-54-51-48-27-24-21-18-15-12-9-3)69(68-80-82(77,78)79-67-66-74(4,5)6)73-71(75)64-61-58-55-52-49-46-44-42-31-29-26-23-20-17-14-11-8-2/h20,23,29,31,60,63,69-70H,7-19,21-22,24-28,30,32-59,61-62,64-68H2,1-6H3,(H-,73,75,77,78)/p+1/b23-20-,31-29-,63-60-. The van der Waals surface area contributed by atoms with E-state index in [1.807, 2.05) is 33.3 Å². The highest BCUT2D eigenvalue weighted by Crippen LogP contribution is 2.43. The van der Waals surface area contributed by atoms with E-state index in [1.165, 1.54) is 250 Å². The molecule has 0 heterocycles. The van der Waals surface area contributed by atoms with Gasteiger partial charge in [0.15, 0.2) is 0 Å². The molecule has 2 N–H and O–H groups in total. The molecule has 0 saturated carbocycles. The van der Waals surface area contributed by atoms with Gasteiger partial charge >= 0.3 is 13.8 Å². The van der Waals surface area contributed by atoms with Crippen molar-refractivity contribution in [3.05, 3.63) is 36.5 Å². The van der Waals surface area contributed by atoms with Crippen molar-refractivity contribution in [2.75, 3.05) is 40.9 Å². The molecule has 0 aromatic rings. The Morgan fingerprint density at radius 1 is 0.427 bits per heavy atom. The van der Waals surface area contributed by atoms with Gasteiger partial charge in [-0.05, 0) is 63.9 Å². The minimum Gasteiger partial charge on any atom is -0.456 e. The number of quaternary nitrogens is 1. The number of esters is 1. The molecule has 9 nitrogen and oxygen atoms in total. The second-order valence-electron chi connectivity index (χ2n) is 25.8. The normalized spacial score (nSPS) is 13.7. The summed E-state index contributed by atoms with van der Waals surface area (Å²) in [7, 11) is 1.51. The largest absolute Gasteiger partial charge is 0.472 e. The van der Waals surface area contributed by atoms with E-state index in [9.17, 15) is 19.0 Å². The van der Waals surface area contributed by atoms with Crippen molar-refractivity contribution in [3.63, 3.8) is 0 Å². The zero-order valence-electron chi connectivity index (χ0n) is 55.5. The fourth-order valence-corrected chi connectivity index (χ4v) is 11.5. The van der Waals surface area contributed by atoms with E-state index in [0.29, 0.717) is 23.9 Å². The fourth-order valence-electron chi connectivity index (χ4n) is 10.8. The summed E-state index contributed by atoms with van der Waals surface area (Å²) in [5.41, 5.74) is 0. The molecule has 0 aromatic heterocycles. The Morgan fingerprint density at radius 3 is 1.12 bits per heavy atom. The number of phosphoric acid groups is 1. The summed E-state index contributed by atoms with van der Waals surface area (Å²) >= 11 is 0. The number of nitrogens with zero attached hydrogens (tertiary/aromatic N) is 1. The smallest absolute Gasteiger partial charge is 0.456 e. The van der Waals surface area contributed by atoms with Crippen LogP contribution in [0.3, 0.4) is 0 Å². The topological polar surface area (TPSA) is 111 Å². The lowest BCUT2D eigenvalue weighted by atomic mass is 10.0. The van der Waals surface area contributed by atoms with E-state index in [0.717, 1.165) is 77.0 Å². The van der Waals surface area contributed by atoms with Gasteiger partial charge in [0.2, 0.25) is 5.91 Å². The van der Waals surface area contributed by atoms with Crippen molar-refractivity contribution in [2.24, 2.45) is 0 Å². The van der Waals surface area contributed by atoms with Crippen LogP contribution in [-0.4, -0.2) is 74.3 Å². The Kier molecular flexibility index (Phi) is 60.9. The molecule has 0 spiro atoms. The second kappa shape index (κ2) is 62.3. The second-order valence-corrected chi connectivity index (χ2v) is 27.2. The molecular formula is C72H140N2O7P+. The quantitative estimate of drug-likeness (QED) is 0.0205. The average molecular weight is 1180 g/mol. The monoisotopic (exact) mass is 1180 g/mol. The van der Waals surface area contributed by atoms with Gasteiger partial charge in [-0.1, -0.05) is 321 Å². The number of rotatable bonds is 66. The zero-order valence-corrected chi connectivity index (χ0v) is 56.4.